The van der Waals surface area contributed by atoms with Crippen molar-refractivity contribution in [2.45, 2.75) is 19.4 Å². The molecule has 3 aromatic rings. The van der Waals surface area contributed by atoms with Crippen LogP contribution in [0.3, 0.4) is 0 Å². The van der Waals surface area contributed by atoms with Gasteiger partial charge >= 0.3 is 0 Å². The first-order valence-electron chi connectivity index (χ1n) is 9.07. The van der Waals surface area contributed by atoms with Gasteiger partial charge in [0, 0.05) is 11.1 Å². The summed E-state index contributed by atoms with van der Waals surface area (Å²) in [4.78, 5) is 0. The third kappa shape index (κ3) is 3.67. The second-order valence-electron chi connectivity index (χ2n) is 6.64. The second-order valence-corrected chi connectivity index (χ2v) is 6.64. The lowest BCUT2D eigenvalue weighted by Gasteiger charge is -2.05. The van der Waals surface area contributed by atoms with Gasteiger partial charge in [-0.1, -0.05) is 49.1 Å². The van der Waals surface area contributed by atoms with E-state index in [9.17, 15) is 13.2 Å². The zero-order valence-corrected chi connectivity index (χ0v) is 15.2. The zero-order chi connectivity index (χ0) is 19.7. The van der Waals surface area contributed by atoms with E-state index in [1.54, 1.807) is 43.3 Å². The van der Waals surface area contributed by atoms with Crippen molar-refractivity contribution < 1.29 is 17.9 Å². The number of epoxide rings is 1. The van der Waals surface area contributed by atoms with Crippen LogP contribution < -0.4 is 0 Å². The van der Waals surface area contributed by atoms with E-state index in [1.807, 2.05) is 6.07 Å². The average molecular weight is 378 g/mol. The Morgan fingerprint density at radius 2 is 1.68 bits per heavy atom. The number of benzene rings is 3. The SMILES string of the molecule is CCc1ccc(C#Cc2ccc(-c3ccc(C4CO4)cc3F)cc2)c(F)c1F. The lowest BCUT2D eigenvalue weighted by Crippen LogP contribution is -1.96. The third-order valence-corrected chi connectivity index (χ3v) is 4.78. The first-order chi connectivity index (χ1) is 13.6. The molecule has 4 heteroatoms. The molecule has 28 heavy (non-hydrogen) atoms. The molecule has 0 radical (unpaired) electrons. The average Bonchev–Trinajstić information content (AvgIpc) is 3.55. The van der Waals surface area contributed by atoms with Crippen LogP contribution in [-0.4, -0.2) is 6.61 Å². The maximum atomic E-state index is 14.4. The minimum absolute atomic E-state index is 0.0119. The molecule has 140 valence electrons. The minimum atomic E-state index is -0.926. The molecule has 1 unspecified atom stereocenters. The highest BCUT2D eigenvalue weighted by atomic mass is 19.2. The minimum Gasteiger partial charge on any atom is -0.368 e. The molecule has 0 saturated carbocycles. The maximum absolute atomic E-state index is 14.4. The fourth-order valence-electron chi connectivity index (χ4n) is 3.04. The van der Waals surface area contributed by atoms with Crippen molar-refractivity contribution in [1.82, 2.24) is 0 Å². The van der Waals surface area contributed by atoms with Gasteiger partial charge < -0.3 is 4.74 Å². The largest absolute Gasteiger partial charge is 0.368 e. The molecular weight excluding hydrogens is 361 g/mol. The fourth-order valence-corrected chi connectivity index (χ4v) is 3.04. The highest BCUT2D eigenvalue weighted by Gasteiger charge is 2.25. The van der Waals surface area contributed by atoms with Gasteiger partial charge in [-0.15, -0.1) is 0 Å². The van der Waals surface area contributed by atoms with Crippen molar-refractivity contribution in [3.05, 3.63) is 94.3 Å². The van der Waals surface area contributed by atoms with Gasteiger partial charge in [-0.05, 0) is 47.4 Å². The van der Waals surface area contributed by atoms with Gasteiger partial charge in [-0.3, -0.25) is 0 Å². The van der Waals surface area contributed by atoms with Gasteiger partial charge in [-0.2, -0.15) is 0 Å². The molecule has 0 amide bonds. The molecule has 0 N–H and O–H groups in total. The predicted octanol–water partition coefficient (Wildman–Crippen LogP) is 5.80. The van der Waals surface area contributed by atoms with Crippen LogP contribution in [0.2, 0.25) is 0 Å². The topological polar surface area (TPSA) is 12.5 Å². The summed E-state index contributed by atoms with van der Waals surface area (Å²) < 4.78 is 47.5. The molecule has 0 spiro atoms. The molecule has 1 atom stereocenters. The molecule has 1 aliphatic heterocycles. The first kappa shape index (κ1) is 18.3. The lowest BCUT2D eigenvalue weighted by atomic mass is 10.0. The summed E-state index contributed by atoms with van der Waals surface area (Å²) in [5, 5.41) is 0. The molecule has 1 nitrogen and oxygen atoms in total. The summed E-state index contributed by atoms with van der Waals surface area (Å²) in [6.07, 6.45) is 0.432. The van der Waals surface area contributed by atoms with Crippen molar-refractivity contribution in [3.8, 4) is 23.0 Å². The molecule has 1 aliphatic rings. The maximum Gasteiger partial charge on any atom is 0.174 e. The van der Waals surface area contributed by atoms with Crippen LogP contribution in [0.25, 0.3) is 11.1 Å². The molecular formula is C24H17F3O. The smallest absolute Gasteiger partial charge is 0.174 e. The molecule has 4 rings (SSSR count). The Labute approximate surface area is 161 Å². The summed E-state index contributed by atoms with van der Waals surface area (Å²) in [6.45, 7) is 2.40. The normalized spacial score (nSPS) is 15.1. The Morgan fingerprint density at radius 3 is 2.32 bits per heavy atom. The lowest BCUT2D eigenvalue weighted by molar-refractivity contribution is 0.415. The van der Waals surface area contributed by atoms with E-state index >= 15 is 0 Å². The molecule has 1 saturated heterocycles. The van der Waals surface area contributed by atoms with Crippen molar-refractivity contribution in [1.29, 1.82) is 0 Å². The standard InChI is InChI=1S/C24H17F3O/c1-2-16-9-10-18(24(27)23(16)26)8-5-15-3-6-17(7-4-15)20-12-11-19(13-21(20)25)22-14-28-22/h3-4,6-7,9-13,22H,2,14H2,1H3. The van der Waals surface area contributed by atoms with Crippen LogP contribution in [0.1, 0.15) is 35.3 Å². The number of aryl methyl sites for hydroxylation is 1. The van der Waals surface area contributed by atoms with E-state index in [-0.39, 0.29) is 17.5 Å². The Balaban J connectivity index is 1.57. The monoisotopic (exact) mass is 378 g/mol. The number of hydrogen-bond donors (Lipinski definition) is 0. The van der Waals surface area contributed by atoms with Gasteiger partial charge in [0.1, 0.15) is 11.9 Å². The molecule has 0 aromatic heterocycles. The molecule has 0 bridgehead atoms. The van der Waals surface area contributed by atoms with E-state index in [1.165, 1.54) is 12.1 Å². The number of rotatable bonds is 3. The van der Waals surface area contributed by atoms with Gasteiger partial charge in [-0.25, -0.2) is 13.2 Å². The number of ether oxygens (including phenoxy) is 1. The third-order valence-electron chi connectivity index (χ3n) is 4.78. The first-order valence-corrected chi connectivity index (χ1v) is 9.07. The molecule has 1 heterocycles. The Hall–Kier alpha value is -3.03. The van der Waals surface area contributed by atoms with E-state index < -0.39 is 11.6 Å². The Morgan fingerprint density at radius 1 is 0.929 bits per heavy atom. The van der Waals surface area contributed by atoms with Gasteiger partial charge in [0.2, 0.25) is 0 Å². The highest BCUT2D eigenvalue weighted by molar-refractivity contribution is 5.65. The summed E-state index contributed by atoms with van der Waals surface area (Å²) in [5.74, 6) is 3.41. The van der Waals surface area contributed by atoms with Gasteiger partial charge in [0.05, 0.1) is 12.2 Å². The summed E-state index contributed by atoms with van der Waals surface area (Å²) in [5.41, 5.74) is 3.03. The van der Waals surface area contributed by atoms with Gasteiger partial charge in [0.25, 0.3) is 0 Å². The Bertz CT molecular complexity index is 1090. The zero-order valence-electron chi connectivity index (χ0n) is 15.2. The van der Waals surface area contributed by atoms with Crippen LogP contribution in [-0.2, 0) is 11.2 Å². The summed E-state index contributed by atoms with van der Waals surface area (Å²) in [6, 6.07) is 15.1. The van der Waals surface area contributed by atoms with Crippen molar-refractivity contribution in [2.24, 2.45) is 0 Å². The number of halogens is 3. The second kappa shape index (κ2) is 7.53. The van der Waals surface area contributed by atoms with Gasteiger partial charge in [0.15, 0.2) is 11.6 Å². The van der Waals surface area contributed by atoms with Crippen LogP contribution in [0.5, 0.6) is 0 Å². The van der Waals surface area contributed by atoms with Crippen LogP contribution in [0.15, 0.2) is 54.6 Å². The summed E-state index contributed by atoms with van der Waals surface area (Å²) >= 11 is 0. The van der Waals surface area contributed by atoms with Crippen molar-refractivity contribution >= 4 is 0 Å². The number of hydrogen-bond acceptors (Lipinski definition) is 1. The highest BCUT2D eigenvalue weighted by Crippen LogP contribution is 2.33. The fraction of sp³-hybridized carbons (Fsp3) is 0.167. The summed E-state index contributed by atoms with van der Waals surface area (Å²) in [7, 11) is 0. The van der Waals surface area contributed by atoms with Crippen LogP contribution in [0, 0.1) is 29.3 Å². The quantitative estimate of drug-likeness (QED) is 0.414. The van der Waals surface area contributed by atoms with Crippen molar-refractivity contribution in [2.75, 3.05) is 6.61 Å². The van der Waals surface area contributed by atoms with Crippen LogP contribution >= 0.6 is 0 Å². The van der Waals surface area contributed by atoms with E-state index in [0.29, 0.717) is 29.7 Å². The molecule has 0 aliphatic carbocycles. The molecule has 3 aromatic carbocycles. The Kier molecular flexibility index (Phi) is 4.93. The molecule has 1 fully saturated rings. The predicted molar refractivity (Wildman–Crippen MR) is 102 cm³/mol. The van der Waals surface area contributed by atoms with Crippen LogP contribution in [0.4, 0.5) is 13.2 Å². The van der Waals surface area contributed by atoms with E-state index in [2.05, 4.69) is 11.8 Å². The van der Waals surface area contributed by atoms with E-state index in [0.717, 1.165) is 11.1 Å². The van der Waals surface area contributed by atoms with Crippen molar-refractivity contribution in [3.63, 3.8) is 0 Å². The van der Waals surface area contributed by atoms with E-state index in [4.69, 9.17) is 4.74 Å².